The second-order valence-corrected chi connectivity index (χ2v) is 9.99. The Morgan fingerprint density at radius 2 is 1.91 bits per heavy atom. The van der Waals surface area contributed by atoms with Crippen LogP contribution in [0.15, 0.2) is 52.4 Å². The van der Waals surface area contributed by atoms with Crippen LogP contribution in [-0.4, -0.2) is 34.2 Å². The first kappa shape index (κ1) is 23.1. The number of hydrogen-bond acceptors (Lipinski definition) is 5. The molecule has 1 saturated carbocycles. The van der Waals surface area contributed by atoms with Gasteiger partial charge >= 0.3 is 0 Å². The molecule has 1 amide bonds. The number of nitrogens with one attached hydrogen (secondary N) is 1. The van der Waals surface area contributed by atoms with Crippen LogP contribution in [0.5, 0.6) is 0 Å². The van der Waals surface area contributed by atoms with Gasteiger partial charge in [-0.25, -0.2) is 9.37 Å². The second kappa shape index (κ2) is 10.3. The highest BCUT2D eigenvalue weighted by molar-refractivity contribution is 7.98. The van der Waals surface area contributed by atoms with Crippen LogP contribution in [0.4, 0.5) is 4.39 Å². The third-order valence-electron chi connectivity index (χ3n) is 6.56. The second-order valence-electron chi connectivity index (χ2n) is 9.05. The number of rotatable bonds is 7. The fourth-order valence-corrected chi connectivity index (χ4v) is 5.64. The van der Waals surface area contributed by atoms with Crippen LogP contribution in [-0.2, 0) is 17.0 Å². The zero-order valence-corrected chi connectivity index (χ0v) is 19.8. The molecule has 2 aliphatic rings. The maximum Gasteiger partial charge on any atom is 0.262 e. The van der Waals surface area contributed by atoms with E-state index in [0.29, 0.717) is 40.5 Å². The third kappa shape index (κ3) is 5.18. The maximum absolute atomic E-state index is 13.5. The summed E-state index contributed by atoms with van der Waals surface area (Å²) in [5.41, 5.74) is 1.82. The molecule has 5 rings (SSSR count). The number of fused-ring (bicyclic) bond motifs is 1. The van der Waals surface area contributed by atoms with Gasteiger partial charge in [0.25, 0.3) is 11.5 Å². The summed E-state index contributed by atoms with van der Waals surface area (Å²) in [6.45, 7) is 1.15. The Balaban J connectivity index is 1.46. The van der Waals surface area contributed by atoms with Gasteiger partial charge in [-0.3, -0.25) is 14.2 Å². The quantitative estimate of drug-likeness (QED) is 0.392. The van der Waals surface area contributed by atoms with Crippen molar-refractivity contribution in [2.24, 2.45) is 0 Å². The number of aromatic nitrogens is 2. The lowest BCUT2D eigenvalue weighted by molar-refractivity contribution is 0.0935. The number of carbonyl (C=O) groups excluding carboxylic acids is 1. The van der Waals surface area contributed by atoms with E-state index in [2.05, 4.69) is 5.32 Å². The summed E-state index contributed by atoms with van der Waals surface area (Å²) in [6.07, 6.45) is 6.18. The minimum Gasteiger partial charge on any atom is -0.376 e. The van der Waals surface area contributed by atoms with Gasteiger partial charge in [0.15, 0.2) is 5.16 Å². The normalized spacial score (nSPS) is 18.6. The third-order valence-corrected chi connectivity index (χ3v) is 7.61. The fraction of sp³-hybridized carbons (Fsp3) is 0.423. The van der Waals surface area contributed by atoms with Crippen LogP contribution in [0.1, 0.15) is 54.4 Å². The molecule has 2 fully saturated rings. The van der Waals surface area contributed by atoms with Gasteiger partial charge in [0.1, 0.15) is 5.82 Å². The number of halogens is 1. The lowest BCUT2D eigenvalue weighted by Crippen LogP contribution is -2.32. The predicted octanol–water partition coefficient (Wildman–Crippen LogP) is 4.68. The molecule has 2 heterocycles. The minimum absolute atomic E-state index is 0.0152. The lowest BCUT2D eigenvalue weighted by atomic mass is 10.1. The van der Waals surface area contributed by atoms with Crippen LogP contribution in [0, 0.1) is 5.82 Å². The van der Waals surface area contributed by atoms with E-state index in [1.54, 1.807) is 34.9 Å². The Morgan fingerprint density at radius 1 is 1.12 bits per heavy atom. The predicted molar refractivity (Wildman–Crippen MR) is 131 cm³/mol. The molecule has 2 aromatic carbocycles. The van der Waals surface area contributed by atoms with Gasteiger partial charge in [0.2, 0.25) is 0 Å². The van der Waals surface area contributed by atoms with Gasteiger partial charge in [0, 0.05) is 24.0 Å². The van der Waals surface area contributed by atoms with Gasteiger partial charge in [-0.1, -0.05) is 36.7 Å². The summed E-state index contributed by atoms with van der Waals surface area (Å²) >= 11 is 1.43. The van der Waals surface area contributed by atoms with E-state index in [4.69, 9.17) is 9.72 Å². The highest BCUT2D eigenvalue weighted by atomic mass is 32.2. The molecule has 8 heteroatoms. The molecule has 1 saturated heterocycles. The highest BCUT2D eigenvalue weighted by Gasteiger charge is 2.22. The summed E-state index contributed by atoms with van der Waals surface area (Å²) in [5.74, 6) is 0.141. The fourth-order valence-electron chi connectivity index (χ4n) is 4.67. The van der Waals surface area contributed by atoms with Gasteiger partial charge in [-0.15, -0.1) is 0 Å². The largest absolute Gasteiger partial charge is 0.376 e. The summed E-state index contributed by atoms with van der Waals surface area (Å²) in [7, 11) is 0. The minimum atomic E-state index is -0.281. The summed E-state index contributed by atoms with van der Waals surface area (Å²) in [5, 5.41) is 4.16. The highest BCUT2D eigenvalue weighted by Crippen LogP contribution is 2.25. The topological polar surface area (TPSA) is 73.2 Å². The van der Waals surface area contributed by atoms with Crippen LogP contribution < -0.4 is 10.9 Å². The number of hydrogen-bond donors (Lipinski definition) is 1. The number of thioether (sulfide) groups is 1. The molecule has 178 valence electrons. The molecule has 0 unspecified atom stereocenters. The molecule has 6 nitrogen and oxygen atoms in total. The van der Waals surface area contributed by atoms with E-state index in [1.807, 2.05) is 0 Å². The summed E-state index contributed by atoms with van der Waals surface area (Å²) in [6, 6.07) is 11.7. The van der Waals surface area contributed by atoms with Crippen molar-refractivity contribution in [1.29, 1.82) is 0 Å². The Bertz CT molecular complexity index is 1230. The van der Waals surface area contributed by atoms with Crippen molar-refractivity contribution >= 4 is 28.6 Å². The van der Waals surface area contributed by atoms with Gasteiger partial charge in [-0.2, -0.15) is 0 Å². The van der Waals surface area contributed by atoms with Crippen molar-refractivity contribution < 1.29 is 13.9 Å². The van der Waals surface area contributed by atoms with Crippen molar-refractivity contribution in [2.45, 2.75) is 68.1 Å². The molecule has 0 bridgehead atoms. The standard InChI is InChI=1S/C26H28FN3O3S/c27-19-10-7-17(8-11-19)16-34-26-29-23-14-18(24(31)28-20-4-1-2-5-20)9-12-22(23)25(32)30(26)15-21-6-3-13-33-21/h7-12,14,20-21H,1-6,13,15-16H2,(H,28,31)/t21-/m0/s1. The zero-order valence-electron chi connectivity index (χ0n) is 19.0. The molecule has 1 atom stereocenters. The molecule has 1 aromatic heterocycles. The molecule has 0 spiro atoms. The van der Waals surface area contributed by atoms with Gasteiger partial charge < -0.3 is 10.1 Å². The number of carbonyl (C=O) groups is 1. The number of ether oxygens (including phenoxy) is 1. The van der Waals surface area contributed by atoms with Gasteiger partial charge in [-0.05, 0) is 61.6 Å². The maximum atomic E-state index is 13.5. The lowest BCUT2D eigenvalue weighted by Gasteiger charge is -2.17. The van der Waals surface area contributed by atoms with Crippen LogP contribution >= 0.6 is 11.8 Å². The van der Waals surface area contributed by atoms with Crippen molar-refractivity contribution in [2.75, 3.05) is 6.61 Å². The van der Waals surface area contributed by atoms with Crippen LogP contribution in [0.2, 0.25) is 0 Å². The van der Waals surface area contributed by atoms with Crippen molar-refractivity contribution in [3.63, 3.8) is 0 Å². The smallest absolute Gasteiger partial charge is 0.262 e. The molecule has 1 aliphatic heterocycles. The molecule has 1 N–H and O–H groups in total. The molecule has 0 radical (unpaired) electrons. The van der Waals surface area contributed by atoms with E-state index in [-0.39, 0.29) is 29.4 Å². The first-order chi connectivity index (χ1) is 16.6. The average molecular weight is 482 g/mol. The molecule has 34 heavy (non-hydrogen) atoms. The average Bonchev–Trinajstić information content (AvgIpc) is 3.55. The van der Waals surface area contributed by atoms with Crippen LogP contribution in [0.25, 0.3) is 10.9 Å². The van der Waals surface area contributed by atoms with Crippen molar-refractivity contribution in [1.82, 2.24) is 14.9 Å². The monoisotopic (exact) mass is 481 g/mol. The number of amides is 1. The molecular formula is C26H28FN3O3S. The SMILES string of the molecule is O=C(NC1CCCC1)c1ccc2c(=O)n(C[C@@H]3CCCO3)c(SCc3ccc(F)cc3)nc2c1. The number of nitrogens with zero attached hydrogens (tertiary/aromatic N) is 2. The Hall–Kier alpha value is -2.71. The van der Waals surface area contributed by atoms with E-state index >= 15 is 0 Å². The summed E-state index contributed by atoms with van der Waals surface area (Å²) < 4.78 is 20.8. The Kier molecular flexibility index (Phi) is 6.97. The number of benzene rings is 2. The first-order valence-electron chi connectivity index (χ1n) is 11.9. The molecule has 3 aromatic rings. The van der Waals surface area contributed by atoms with E-state index in [1.165, 1.54) is 23.9 Å². The van der Waals surface area contributed by atoms with E-state index < -0.39 is 0 Å². The van der Waals surface area contributed by atoms with E-state index in [9.17, 15) is 14.0 Å². The van der Waals surface area contributed by atoms with E-state index in [0.717, 1.165) is 44.1 Å². The molecule has 1 aliphatic carbocycles. The van der Waals surface area contributed by atoms with Crippen LogP contribution in [0.3, 0.4) is 0 Å². The Morgan fingerprint density at radius 3 is 2.65 bits per heavy atom. The molecular weight excluding hydrogens is 453 g/mol. The zero-order chi connectivity index (χ0) is 23.5. The van der Waals surface area contributed by atoms with Gasteiger partial charge in [0.05, 0.1) is 23.6 Å². The Labute approximate surface area is 201 Å². The summed E-state index contributed by atoms with van der Waals surface area (Å²) in [4.78, 5) is 31.0. The van der Waals surface area contributed by atoms with Crippen molar-refractivity contribution in [3.05, 3.63) is 69.8 Å². The van der Waals surface area contributed by atoms with Crippen molar-refractivity contribution in [3.8, 4) is 0 Å². The first-order valence-corrected chi connectivity index (χ1v) is 12.9.